The van der Waals surface area contributed by atoms with Gasteiger partial charge in [-0.3, -0.25) is 9.48 Å². The number of aromatic nitrogens is 3. The van der Waals surface area contributed by atoms with Gasteiger partial charge in [-0.2, -0.15) is 5.10 Å². The summed E-state index contributed by atoms with van der Waals surface area (Å²) in [6.07, 6.45) is 3.74. The average molecular weight is 358 g/mol. The van der Waals surface area contributed by atoms with E-state index >= 15 is 0 Å². The molecule has 2 heterocycles. The van der Waals surface area contributed by atoms with E-state index in [-0.39, 0.29) is 5.91 Å². The number of benzene rings is 2. The van der Waals surface area contributed by atoms with E-state index < -0.39 is 0 Å². The van der Waals surface area contributed by atoms with Crippen LogP contribution in [0.4, 0.5) is 5.69 Å². The standard InChI is InChI=1S/C22H22N4O/c1-4-26-12-10-18-14-17(6-8-20(18)26)16-5-7-19(15(2)13-16)24-22(27)21-9-11-23-25(21)3/h5-14H,4H2,1-3H3,(H,24,27). The fourth-order valence-electron chi connectivity index (χ4n) is 3.42. The molecule has 5 heteroatoms. The van der Waals surface area contributed by atoms with Crippen molar-refractivity contribution in [3.05, 3.63) is 72.2 Å². The molecule has 0 atom stereocenters. The van der Waals surface area contributed by atoms with Crippen LogP contribution in [0.2, 0.25) is 0 Å². The van der Waals surface area contributed by atoms with Crippen LogP contribution in [0.5, 0.6) is 0 Å². The number of aryl methyl sites for hydroxylation is 3. The van der Waals surface area contributed by atoms with Gasteiger partial charge in [0.1, 0.15) is 5.69 Å². The van der Waals surface area contributed by atoms with Gasteiger partial charge in [0.15, 0.2) is 0 Å². The van der Waals surface area contributed by atoms with Crippen molar-refractivity contribution in [1.82, 2.24) is 14.3 Å². The monoisotopic (exact) mass is 358 g/mol. The quantitative estimate of drug-likeness (QED) is 0.579. The molecule has 0 aliphatic rings. The number of hydrogen-bond donors (Lipinski definition) is 1. The minimum atomic E-state index is -0.159. The Morgan fingerprint density at radius 1 is 1.07 bits per heavy atom. The zero-order valence-electron chi connectivity index (χ0n) is 15.7. The first-order valence-electron chi connectivity index (χ1n) is 9.06. The summed E-state index contributed by atoms with van der Waals surface area (Å²) in [5.41, 5.74) is 5.92. The lowest BCUT2D eigenvalue weighted by Gasteiger charge is -2.11. The molecule has 0 bridgehead atoms. The number of hydrogen-bond acceptors (Lipinski definition) is 2. The summed E-state index contributed by atoms with van der Waals surface area (Å²) in [4.78, 5) is 12.4. The van der Waals surface area contributed by atoms with Gasteiger partial charge in [0.05, 0.1) is 0 Å². The fraction of sp³-hybridized carbons (Fsp3) is 0.182. The maximum atomic E-state index is 12.4. The van der Waals surface area contributed by atoms with Crippen molar-refractivity contribution < 1.29 is 4.79 Å². The number of nitrogens with zero attached hydrogens (tertiary/aromatic N) is 3. The van der Waals surface area contributed by atoms with Crippen molar-refractivity contribution in [2.24, 2.45) is 7.05 Å². The lowest BCUT2D eigenvalue weighted by Crippen LogP contribution is -2.16. The van der Waals surface area contributed by atoms with Crippen LogP contribution in [-0.2, 0) is 13.6 Å². The molecule has 0 unspecified atom stereocenters. The maximum Gasteiger partial charge on any atom is 0.273 e. The molecule has 0 saturated carbocycles. The van der Waals surface area contributed by atoms with Crippen molar-refractivity contribution >= 4 is 22.5 Å². The van der Waals surface area contributed by atoms with Crippen LogP contribution in [0.25, 0.3) is 22.0 Å². The summed E-state index contributed by atoms with van der Waals surface area (Å²) in [5, 5.41) is 8.25. The highest BCUT2D eigenvalue weighted by molar-refractivity contribution is 6.03. The molecule has 4 aromatic rings. The van der Waals surface area contributed by atoms with Crippen LogP contribution < -0.4 is 5.32 Å². The molecule has 0 radical (unpaired) electrons. The molecular weight excluding hydrogens is 336 g/mol. The fourth-order valence-corrected chi connectivity index (χ4v) is 3.42. The third-order valence-electron chi connectivity index (χ3n) is 4.97. The summed E-state index contributed by atoms with van der Waals surface area (Å²) in [6.45, 7) is 5.12. The van der Waals surface area contributed by atoms with Gasteiger partial charge >= 0.3 is 0 Å². The molecule has 136 valence electrons. The van der Waals surface area contributed by atoms with Crippen LogP contribution in [0.1, 0.15) is 23.0 Å². The first kappa shape index (κ1) is 17.1. The minimum absolute atomic E-state index is 0.159. The molecular formula is C22H22N4O. The number of rotatable bonds is 4. The number of carbonyl (C=O) groups excluding carboxylic acids is 1. The smallest absolute Gasteiger partial charge is 0.273 e. The third kappa shape index (κ3) is 3.12. The first-order chi connectivity index (χ1) is 13.1. The third-order valence-corrected chi connectivity index (χ3v) is 4.97. The van der Waals surface area contributed by atoms with Gasteiger partial charge in [-0.15, -0.1) is 0 Å². The predicted molar refractivity (Wildman–Crippen MR) is 109 cm³/mol. The van der Waals surface area contributed by atoms with E-state index in [0.29, 0.717) is 5.69 Å². The maximum absolute atomic E-state index is 12.4. The Kier molecular flexibility index (Phi) is 4.28. The summed E-state index contributed by atoms with van der Waals surface area (Å²) >= 11 is 0. The van der Waals surface area contributed by atoms with Gasteiger partial charge < -0.3 is 9.88 Å². The number of amides is 1. The molecule has 0 aliphatic heterocycles. The van der Waals surface area contributed by atoms with E-state index in [1.165, 1.54) is 16.5 Å². The van der Waals surface area contributed by atoms with Crippen molar-refractivity contribution in [2.45, 2.75) is 20.4 Å². The number of carbonyl (C=O) groups is 1. The van der Waals surface area contributed by atoms with Gasteiger partial charge in [-0.25, -0.2) is 0 Å². The molecule has 1 N–H and O–H groups in total. The Morgan fingerprint density at radius 2 is 1.85 bits per heavy atom. The zero-order valence-corrected chi connectivity index (χ0v) is 15.7. The lowest BCUT2D eigenvalue weighted by atomic mass is 10.0. The Hall–Kier alpha value is -3.34. The SMILES string of the molecule is CCn1ccc2cc(-c3ccc(NC(=O)c4ccnn4C)c(C)c3)ccc21. The van der Waals surface area contributed by atoms with Gasteiger partial charge in [-0.1, -0.05) is 12.1 Å². The number of fused-ring (bicyclic) bond motifs is 1. The van der Waals surface area contributed by atoms with Gasteiger partial charge in [0, 0.05) is 42.6 Å². The molecule has 5 nitrogen and oxygen atoms in total. The zero-order chi connectivity index (χ0) is 19.0. The highest BCUT2D eigenvalue weighted by Crippen LogP contribution is 2.28. The normalized spacial score (nSPS) is 11.1. The predicted octanol–water partition coefficient (Wildman–Crippen LogP) is 4.62. The van der Waals surface area contributed by atoms with Gasteiger partial charge in [0.25, 0.3) is 5.91 Å². The van der Waals surface area contributed by atoms with Crippen LogP contribution in [0.15, 0.2) is 60.9 Å². The van der Waals surface area contributed by atoms with E-state index in [1.807, 2.05) is 19.1 Å². The molecule has 0 saturated heterocycles. The summed E-state index contributed by atoms with van der Waals surface area (Å²) in [6, 6.07) is 16.5. The molecule has 1 amide bonds. The first-order valence-corrected chi connectivity index (χ1v) is 9.06. The molecule has 27 heavy (non-hydrogen) atoms. The minimum Gasteiger partial charge on any atom is -0.348 e. The second-order valence-corrected chi connectivity index (χ2v) is 6.70. The summed E-state index contributed by atoms with van der Waals surface area (Å²) < 4.78 is 3.80. The molecule has 0 fully saturated rings. The highest BCUT2D eigenvalue weighted by atomic mass is 16.2. The van der Waals surface area contributed by atoms with E-state index in [9.17, 15) is 4.79 Å². The van der Waals surface area contributed by atoms with Crippen LogP contribution >= 0.6 is 0 Å². The molecule has 4 rings (SSSR count). The van der Waals surface area contributed by atoms with Gasteiger partial charge in [0.2, 0.25) is 0 Å². The highest BCUT2D eigenvalue weighted by Gasteiger charge is 2.12. The average Bonchev–Trinajstić information content (AvgIpc) is 3.28. The van der Waals surface area contributed by atoms with E-state index in [0.717, 1.165) is 23.4 Å². The van der Waals surface area contributed by atoms with Crippen LogP contribution in [-0.4, -0.2) is 20.3 Å². The summed E-state index contributed by atoms with van der Waals surface area (Å²) in [5.74, 6) is -0.159. The van der Waals surface area contributed by atoms with Crippen LogP contribution in [0.3, 0.4) is 0 Å². The van der Waals surface area contributed by atoms with Gasteiger partial charge in [-0.05, 0) is 66.9 Å². The largest absolute Gasteiger partial charge is 0.348 e. The van der Waals surface area contributed by atoms with E-state index in [2.05, 4.69) is 58.4 Å². The second-order valence-electron chi connectivity index (χ2n) is 6.70. The molecule has 0 aliphatic carbocycles. The Labute approximate surface area is 158 Å². The molecule has 2 aromatic carbocycles. The second kappa shape index (κ2) is 6.76. The van der Waals surface area contributed by atoms with E-state index in [1.54, 1.807) is 24.0 Å². The van der Waals surface area contributed by atoms with Crippen LogP contribution in [0, 0.1) is 6.92 Å². The Bertz CT molecular complexity index is 1140. The summed E-state index contributed by atoms with van der Waals surface area (Å²) in [7, 11) is 1.76. The lowest BCUT2D eigenvalue weighted by molar-refractivity contribution is 0.101. The molecule has 0 spiro atoms. The Morgan fingerprint density at radius 3 is 2.56 bits per heavy atom. The van der Waals surface area contributed by atoms with Crippen molar-refractivity contribution in [3.8, 4) is 11.1 Å². The van der Waals surface area contributed by atoms with E-state index in [4.69, 9.17) is 0 Å². The van der Waals surface area contributed by atoms with Crippen molar-refractivity contribution in [2.75, 3.05) is 5.32 Å². The molecule has 2 aromatic heterocycles. The topological polar surface area (TPSA) is 51.9 Å². The number of anilines is 1. The Balaban J connectivity index is 1.61. The van der Waals surface area contributed by atoms with Crippen molar-refractivity contribution in [3.63, 3.8) is 0 Å². The van der Waals surface area contributed by atoms with Crippen molar-refractivity contribution in [1.29, 1.82) is 0 Å². The number of nitrogens with one attached hydrogen (secondary N) is 1.